The van der Waals surface area contributed by atoms with Gasteiger partial charge in [0, 0.05) is 47.1 Å². The van der Waals surface area contributed by atoms with Crippen molar-refractivity contribution in [3.8, 4) is 11.5 Å². The van der Waals surface area contributed by atoms with Crippen molar-refractivity contribution < 1.29 is 9.47 Å². The Morgan fingerprint density at radius 2 is 0.703 bits per heavy atom. The van der Waals surface area contributed by atoms with E-state index in [4.69, 9.17) is 9.47 Å². The Morgan fingerprint density at radius 3 is 1.11 bits per heavy atom. The lowest BCUT2D eigenvalue weighted by atomic mass is 9.90. The fourth-order valence-electron chi connectivity index (χ4n) is 10.2. The molecule has 3 aliphatic rings. The molecule has 9 aromatic rings. The summed E-state index contributed by atoms with van der Waals surface area (Å²) in [4.78, 5) is 8.36. The summed E-state index contributed by atoms with van der Waals surface area (Å²) in [6, 6.07) is 72.9. The molecule has 2 nitrogen and oxygen atoms in total. The standard InChI is InChI=1S/C24H24OS.C23H22OS.C22H20S/c1-16(2)25-22-9-6-8-18(15-22)17(3)19-11-12-24-21(13-19)14-20-7-4-5-10-23(20)26-24;1-3-24-21-9-6-8-17(15-21)16(2)18-11-12-23-20(13-18)14-19-7-4-5-10-22(19)25-23;1-15-6-5-8-17(12-15)16(2)18-10-11-22-20(13-18)14-19-7-3-4-9-21(19)23-22/h4-13,15-17H,14H2,1-3H3;4-13,15-16H,3,14H2,1-2H3;3-13,16H,14H2,1-2H3. The lowest BCUT2D eigenvalue weighted by Crippen LogP contribution is -2.06. The quantitative estimate of drug-likeness (QED) is 0.135. The highest BCUT2D eigenvalue weighted by Crippen LogP contribution is 2.44. The molecular formula is C69H66O2S3. The summed E-state index contributed by atoms with van der Waals surface area (Å²) in [6.07, 6.45) is 3.29. The van der Waals surface area contributed by atoms with Crippen LogP contribution in [-0.4, -0.2) is 12.7 Å². The number of benzene rings is 9. The molecule has 3 heterocycles. The van der Waals surface area contributed by atoms with Gasteiger partial charge in [-0.1, -0.05) is 201 Å². The lowest BCUT2D eigenvalue weighted by Gasteiger charge is -2.21. The van der Waals surface area contributed by atoms with E-state index in [0.717, 1.165) is 30.8 Å². The monoisotopic (exact) mass is 1020 g/mol. The maximum atomic E-state index is 5.87. The topological polar surface area (TPSA) is 18.5 Å². The average Bonchev–Trinajstić information content (AvgIpc) is 3.42. The van der Waals surface area contributed by atoms with Gasteiger partial charge < -0.3 is 9.47 Å². The zero-order valence-corrected chi connectivity index (χ0v) is 46.2. The molecule has 9 aromatic carbocycles. The fraction of sp³-hybridized carbons (Fsp3) is 0.217. The molecule has 5 heteroatoms. The Morgan fingerprint density at radius 1 is 0.351 bits per heavy atom. The minimum atomic E-state index is 0.196. The third kappa shape index (κ3) is 12.1. The van der Waals surface area contributed by atoms with Crippen molar-refractivity contribution in [2.45, 2.75) is 121 Å². The van der Waals surface area contributed by atoms with Gasteiger partial charge in [-0.2, -0.15) is 0 Å². The molecule has 3 aliphatic heterocycles. The first-order valence-corrected chi connectivity index (χ1v) is 28.7. The first-order valence-electron chi connectivity index (χ1n) is 26.3. The van der Waals surface area contributed by atoms with Crippen molar-refractivity contribution in [1.82, 2.24) is 0 Å². The van der Waals surface area contributed by atoms with Crippen LogP contribution in [-0.2, 0) is 19.3 Å². The molecule has 3 atom stereocenters. The Labute approximate surface area is 453 Å². The highest BCUT2D eigenvalue weighted by molar-refractivity contribution is 8.00. The molecule has 0 amide bonds. The maximum absolute atomic E-state index is 5.87. The van der Waals surface area contributed by atoms with Gasteiger partial charge in [-0.15, -0.1) is 0 Å². The number of hydrogen-bond acceptors (Lipinski definition) is 5. The van der Waals surface area contributed by atoms with Gasteiger partial charge >= 0.3 is 0 Å². The molecule has 0 aromatic heterocycles. The third-order valence-corrected chi connectivity index (χ3v) is 18.1. The number of rotatable bonds is 10. The van der Waals surface area contributed by atoms with E-state index < -0.39 is 0 Å². The van der Waals surface area contributed by atoms with Gasteiger partial charge in [0.05, 0.1) is 12.7 Å². The van der Waals surface area contributed by atoms with Crippen LogP contribution >= 0.6 is 35.3 Å². The molecule has 12 rings (SSSR count). The van der Waals surface area contributed by atoms with Crippen molar-refractivity contribution in [3.05, 3.63) is 273 Å². The highest BCUT2D eigenvalue weighted by atomic mass is 32.2. The van der Waals surface area contributed by atoms with Crippen LogP contribution in [0.2, 0.25) is 0 Å². The van der Waals surface area contributed by atoms with Crippen LogP contribution in [0, 0.1) is 6.92 Å². The SMILES string of the molecule is CC(C)Oc1cccc(C(C)c2ccc3c(c2)Cc2ccccc2S3)c1.CCOc1cccc(C(C)c2ccc3c(c2)Cc2ccccc2S3)c1.Cc1cccc(C(C)c2ccc3c(c2)Cc2ccccc2S3)c1. The average molecular weight is 1020 g/mol. The summed E-state index contributed by atoms with van der Waals surface area (Å²) < 4.78 is 11.5. The minimum absolute atomic E-state index is 0.196. The molecular weight excluding hydrogens is 957 g/mol. The second-order valence-corrected chi connectivity index (χ2v) is 23.3. The Kier molecular flexibility index (Phi) is 16.2. The summed E-state index contributed by atoms with van der Waals surface area (Å²) in [5.41, 5.74) is 18.1. The fourth-order valence-corrected chi connectivity index (χ4v) is 13.4. The van der Waals surface area contributed by atoms with Gasteiger partial charge in [-0.3, -0.25) is 0 Å². The van der Waals surface area contributed by atoms with E-state index in [1.54, 1.807) is 0 Å². The van der Waals surface area contributed by atoms with Crippen LogP contribution in [0.25, 0.3) is 0 Å². The smallest absolute Gasteiger partial charge is 0.119 e. The van der Waals surface area contributed by atoms with Gasteiger partial charge in [-0.05, 0) is 174 Å². The highest BCUT2D eigenvalue weighted by Gasteiger charge is 2.21. The minimum Gasteiger partial charge on any atom is -0.494 e. The Hall–Kier alpha value is -6.37. The van der Waals surface area contributed by atoms with Gasteiger partial charge in [0.1, 0.15) is 11.5 Å². The van der Waals surface area contributed by atoms with Gasteiger partial charge in [0.2, 0.25) is 0 Å². The second-order valence-electron chi connectivity index (χ2n) is 20.1. The molecule has 372 valence electrons. The van der Waals surface area contributed by atoms with Crippen molar-refractivity contribution in [1.29, 1.82) is 0 Å². The van der Waals surface area contributed by atoms with E-state index in [9.17, 15) is 0 Å². The van der Waals surface area contributed by atoms with Crippen molar-refractivity contribution in [3.63, 3.8) is 0 Å². The summed E-state index contributed by atoms with van der Waals surface area (Å²) in [6.45, 7) is 15.9. The van der Waals surface area contributed by atoms with Gasteiger partial charge in [-0.25, -0.2) is 0 Å². The van der Waals surface area contributed by atoms with Crippen LogP contribution in [0.3, 0.4) is 0 Å². The zero-order valence-electron chi connectivity index (χ0n) is 43.7. The Balaban J connectivity index is 0.000000127. The molecule has 0 aliphatic carbocycles. The Bertz CT molecular complexity index is 3410. The second kappa shape index (κ2) is 23.4. The number of hydrogen-bond donors (Lipinski definition) is 0. The van der Waals surface area contributed by atoms with Crippen molar-refractivity contribution in [2.75, 3.05) is 6.61 Å². The van der Waals surface area contributed by atoms with E-state index >= 15 is 0 Å². The summed E-state index contributed by atoms with van der Waals surface area (Å²) >= 11 is 5.68. The van der Waals surface area contributed by atoms with Crippen LogP contribution < -0.4 is 9.47 Å². The number of fused-ring (bicyclic) bond motifs is 6. The first kappa shape index (κ1) is 51.1. The molecule has 3 unspecified atom stereocenters. The van der Waals surface area contributed by atoms with Gasteiger partial charge in [0.25, 0.3) is 0 Å². The molecule has 0 N–H and O–H groups in total. The maximum Gasteiger partial charge on any atom is 0.119 e. The van der Waals surface area contributed by atoms with E-state index in [0.29, 0.717) is 24.4 Å². The van der Waals surface area contributed by atoms with Crippen LogP contribution in [0.5, 0.6) is 11.5 Å². The van der Waals surface area contributed by atoms with Crippen LogP contribution in [0.4, 0.5) is 0 Å². The molecule has 0 radical (unpaired) electrons. The first-order chi connectivity index (χ1) is 36.0. The van der Waals surface area contributed by atoms with Crippen LogP contribution in [0.1, 0.15) is 132 Å². The van der Waals surface area contributed by atoms with E-state index in [1.165, 1.54) is 102 Å². The van der Waals surface area contributed by atoms with E-state index in [1.807, 2.05) is 54.3 Å². The lowest BCUT2D eigenvalue weighted by molar-refractivity contribution is 0.242. The molecule has 0 saturated carbocycles. The molecule has 74 heavy (non-hydrogen) atoms. The zero-order chi connectivity index (χ0) is 51.1. The predicted octanol–water partition coefficient (Wildman–Crippen LogP) is 19.2. The molecule has 0 saturated heterocycles. The predicted molar refractivity (Wildman–Crippen MR) is 313 cm³/mol. The number of ether oxygens (including phenoxy) is 2. The summed E-state index contributed by atoms with van der Waals surface area (Å²) in [5, 5.41) is 0. The van der Waals surface area contributed by atoms with Crippen LogP contribution in [0.15, 0.2) is 230 Å². The van der Waals surface area contributed by atoms with Crippen molar-refractivity contribution >= 4 is 35.3 Å². The normalized spacial score (nSPS) is 13.8. The summed E-state index contributed by atoms with van der Waals surface area (Å²) in [5.74, 6) is 3.04. The molecule has 0 bridgehead atoms. The van der Waals surface area contributed by atoms with E-state index in [2.05, 4.69) is 230 Å². The van der Waals surface area contributed by atoms with E-state index in [-0.39, 0.29) is 6.10 Å². The molecule has 0 spiro atoms. The summed E-state index contributed by atoms with van der Waals surface area (Å²) in [7, 11) is 0. The largest absolute Gasteiger partial charge is 0.494 e. The molecule has 0 fully saturated rings. The van der Waals surface area contributed by atoms with Gasteiger partial charge in [0.15, 0.2) is 0 Å². The third-order valence-electron chi connectivity index (χ3n) is 14.4. The number of aryl methyl sites for hydroxylation is 1. The van der Waals surface area contributed by atoms with Crippen molar-refractivity contribution in [2.24, 2.45) is 0 Å².